The molecular weight excluding hydrogens is 338 g/mol. The molecule has 5 nitrogen and oxygen atoms in total. The van der Waals surface area contributed by atoms with E-state index >= 15 is 0 Å². The van der Waals surface area contributed by atoms with Gasteiger partial charge >= 0.3 is 0 Å². The van der Waals surface area contributed by atoms with Crippen molar-refractivity contribution < 1.29 is 9.53 Å². The van der Waals surface area contributed by atoms with Crippen molar-refractivity contribution in [3.8, 4) is 5.75 Å². The maximum atomic E-state index is 12.4. The Balaban J connectivity index is 1.59. The molecule has 5 heteroatoms. The first-order valence-corrected chi connectivity index (χ1v) is 9.77. The summed E-state index contributed by atoms with van der Waals surface area (Å²) in [5.41, 5.74) is 3.12. The van der Waals surface area contributed by atoms with Gasteiger partial charge in [0.15, 0.2) is 6.61 Å². The number of anilines is 2. The Hall–Kier alpha value is -2.53. The van der Waals surface area contributed by atoms with E-state index in [1.807, 2.05) is 36.4 Å². The third-order valence-corrected chi connectivity index (χ3v) is 5.01. The molecule has 144 valence electrons. The van der Waals surface area contributed by atoms with E-state index in [9.17, 15) is 4.79 Å². The van der Waals surface area contributed by atoms with Gasteiger partial charge in [-0.3, -0.25) is 4.79 Å². The largest absolute Gasteiger partial charge is 0.484 e. The first-order valence-electron chi connectivity index (χ1n) is 9.77. The van der Waals surface area contributed by atoms with Crippen LogP contribution in [0.2, 0.25) is 0 Å². The van der Waals surface area contributed by atoms with E-state index in [0.29, 0.717) is 0 Å². The van der Waals surface area contributed by atoms with Gasteiger partial charge in [0.25, 0.3) is 5.91 Å². The number of hydrogen-bond donors (Lipinski definition) is 1. The van der Waals surface area contributed by atoms with Crippen LogP contribution in [0.25, 0.3) is 0 Å². The van der Waals surface area contributed by atoms with Crippen LogP contribution in [0.5, 0.6) is 5.75 Å². The summed E-state index contributed by atoms with van der Waals surface area (Å²) in [5.74, 6) is 0.588. The molecule has 0 aromatic heterocycles. The van der Waals surface area contributed by atoms with E-state index in [2.05, 4.69) is 41.1 Å². The monoisotopic (exact) mass is 367 g/mol. The molecule has 1 heterocycles. The molecule has 0 radical (unpaired) electrons. The van der Waals surface area contributed by atoms with Crippen LogP contribution in [0, 0.1) is 0 Å². The maximum absolute atomic E-state index is 12.4. The van der Waals surface area contributed by atoms with Crippen LogP contribution in [0.1, 0.15) is 19.4 Å². The summed E-state index contributed by atoms with van der Waals surface area (Å²) < 4.78 is 5.66. The number of rotatable bonds is 7. The summed E-state index contributed by atoms with van der Waals surface area (Å²) in [6.45, 7) is 9.43. The van der Waals surface area contributed by atoms with Crippen LogP contribution in [-0.2, 0) is 11.2 Å². The van der Waals surface area contributed by atoms with Gasteiger partial charge in [0, 0.05) is 26.2 Å². The minimum Gasteiger partial charge on any atom is -0.484 e. The van der Waals surface area contributed by atoms with Crippen molar-refractivity contribution in [2.75, 3.05) is 49.5 Å². The van der Waals surface area contributed by atoms with E-state index in [1.54, 1.807) is 0 Å². The molecule has 0 atom stereocenters. The SMILES string of the molecule is CCc1cccc(OCC(=O)Nc2ccccc2N2CCN(CC)CC2)c1. The van der Waals surface area contributed by atoms with E-state index in [-0.39, 0.29) is 12.5 Å². The number of piperazine rings is 1. The first-order chi connectivity index (χ1) is 13.2. The number of nitrogens with zero attached hydrogens (tertiary/aromatic N) is 2. The van der Waals surface area contributed by atoms with Crippen molar-refractivity contribution in [1.29, 1.82) is 0 Å². The second-order valence-corrected chi connectivity index (χ2v) is 6.78. The number of carbonyl (C=O) groups is 1. The van der Waals surface area contributed by atoms with E-state index < -0.39 is 0 Å². The van der Waals surface area contributed by atoms with E-state index in [1.165, 1.54) is 5.56 Å². The summed E-state index contributed by atoms with van der Waals surface area (Å²) in [6, 6.07) is 15.9. The van der Waals surface area contributed by atoms with Gasteiger partial charge in [-0.2, -0.15) is 0 Å². The third-order valence-electron chi connectivity index (χ3n) is 5.01. The number of amides is 1. The van der Waals surface area contributed by atoms with Gasteiger partial charge in [-0.1, -0.05) is 38.1 Å². The minimum absolute atomic E-state index is 0.00507. The molecule has 1 fully saturated rings. The van der Waals surface area contributed by atoms with Crippen molar-refractivity contribution in [2.24, 2.45) is 0 Å². The number of nitrogens with one attached hydrogen (secondary N) is 1. The molecule has 1 aliphatic rings. The smallest absolute Gasteiger partial charge is 0.262 e. The summed E-state index contributed by atoms with van der Waals surface area (Å²) in [5, 5.41) is 3.01. The molecule has 2 aromatic rings. The Morgan fingerprint density at radius 3 is 2.56 bits per heavy atom. The van der Waals surface area contributed by atoms with Gasteiger partial charge in [-0.25, -0.2) is 0 Å². The van der Waals surface area contributed by atoms with Gasteiger partial charge in [0.1, 0.15) is 5.75 Å². The Labute approximate surface area is 161 Å². The van der Waals surface area contributed by atoms with Gasteiger partial charge in [0.05, 0.1) is 11.4 Å². The average molecular weight is 367 g/mol. The molecule has 27 heavy (non-hydrogen) atoms. The lowest BCUT2D eigenvalue weighted by atomic mass is 10.2. The quantitative estimate of drug-likeness (QED) is 0.815. The molecule has 0 spiro atoms. The van der Waals surface area contributed by atoms with Crippen molar-refractivity contribution >= 4 is 17.3 Å². The highest BCUT2D eigenvalue weighted by molar-refractivity contribution is 5.95. The predicted molar refractivity (Wildman–Crippen MR) is 111 cm³/mol. The number of aryl methyl sites for hydroxylation is 1. The molecule has 0 bridgehead atoms. The fourth-order valence-electron chi connectivity index (χ4n) is 3.35. The lowest BCUT2D eigenvalue weighted by Crippen LogP contribution is -2.46. The van der Waals surface area contributed by atoms with Gasteiger partial charge in [0.2, 0.25) is 0 Å². The Kier molecular flexibility index (Phi) is 6.71. The Morgan fingerprint density at radius 2 is 1.81 bits per heavy atom. The second kappa shape index (κ2) is 9.42. The van der Waals surface area contributed by atoms with Gasteiger partial charge < -0.3 is 19.9 Å². The summed E-state index contributed by atoms with van der Waals surface area (Å²) in [6.07, 6.45) is 0.946. The number of carbonyl (C=O) groups excluding carboxylic acids is 1. The average Bonchev–Trinajstić information content (AvgIpc) is 2.73. The van der Waals surface area contributed by atoms with Crippen molar-refractivity contribution in [2.45, 2.75) is 20.3 Å². The summed E-state index contributed by atoms with van der Waals surface area (Å²) >= 11 is 0. The lowest BCUT2D eigenvalue weighted by Gasteiger charge is -2.36. The standard InChI is InChI=1S/C22H29N3O2/c1-3-18-8-7-9-19(16-18)27-17-22(26)23-20-10-5-6-11-21(20)25-14-12-24(4-2)13-15-25/h5-11,16H,3-4,12-15,17H2,1-2H3,(H,23,26). The topological polar surface area (TPSA) is 44.8 Å². The maximum Gasteiger partial charge on any atom is 0.262 e. The van der Waals surface area contributed by atoms with E-state index in [0.717, 1.165) is 56.3 Å². The zero-order chi connectivity index (χ0) is 19.1. The third kappa shape index (κ3) is 5.23. The number of ether oxygens (including phenoxy) is 1. The van der Waals surface area contributed by atoms with Crippen LogP contribution in [0.4, 0.5) is 11.4 Å². The summed E-state index contributed by atoms with van der Waals surface area (Å²) in [4.78, 5) is 17.2. The normalized spacial score (nSPS) is 14.8. The van der Waals surface area contributed by atoms with Crippen molar-refractivity contribution in [3.63, 3.8) is 0 Å². The lowest BCUT2D eigenvalue weighted by molar-refractivity contribution is -0.118. The minimum atomic E-state index is -0.142. The molecule has 3 rings (SSSR count). The molecule has 0 aliphatic carbocycles. The fourth-order valence-corrected chi connectivity index (χ4v) is 3.35. The van der Waals surface area contributed by atoms with Crippen molar-refractivity contribution in [3.05, 3.63) is 54.1 Å². The number of hydrogen-bond acceptors (Lipinski definition) is 4. The van der Waals surface area contributed by atoms with E-state index in [4.69, 9.17) is 4.74 Å². The molecule has 2 aromatic carbocycles. The molecule has 1 aliphatic heterocycles. The molecule has 0 unspecified atom stereocenters. The number of benzene rings is 2. The zero-order valence-corrected chi connectivity index (χ0v) is 16.3. The number of para-hydroxylation sites is 2. The van der Waals surface area contributed by atoms with Crippen LogP contribution in [0.3, 0.4) is 0 Å². The van der Waals surface area contributed by atoms with Crippen LogP contribution in [-0.4, -0.2) is 50.1 Å². The Morgan fingerprint density at radius 1 is 1.04 bits per heavy atom. The predicted octanol–water partition coefficient (Wildman–Crippen LogP) is 3.41. The zero-order valence-electron chi connectivity index (χ0n) is 16.3. The summed E-state index contributed by atoms with van der Waals surface area (Å²) in [7, 11) is 0. The number of likely N-dealkylation sites (N-methyl/N-ethyl adjacent to an activating group) is 1. The highest BCUT2D eigenvalue weighted by Crippen LogP contribution is 2.26. The molecular formula is C22H29N3O2. The first kappa shape index (κ1) is 19.2. The van der Waals surface area contributed by atoms with Crippen LogP contribution in [0.15, 0.2) is 48.5 Å². The second-order valence-electron chi connectivity index (χ2n) is 6.78. The van der Waals surface area contributed by atoms with Gasteiger partial charge in [-0.15, -0.1) is 0 Å². The van der Waals surface area contributed by atoms with Crippen LogP contribution < -0.4 is 15.0 Å². The van der Waals surface area contributed by atoms with Crippen molar-refractivity contribution in [1.82, 2.24) is 4.90 Å². The molecule has 1 amide bonds. The van der Waals surface area contributed by atoms with Crippen LogP contribution >= 0.6 is 0 Å². The van der Waals surface area contributed by atoms with Gasteiger partial charge in [-0.05, 0) is 42.8 Å². The molecule has 1 saturated heterocycles. The fraction of sp³-hybridized carbons (Fsp3) is 0.409. The highest BCUT2D eigenvalue weighted by Gasteiger charge is 2.18. The molecule has 1 N–H and O–H groups in total. The molecule has 0 saturated carbocycles. The highest BCUT2D eigenvalue weighted by atomic mass is 16.5. The Bertz CT molecular complexity index is 755.